The lowest BCUT2D eigenvalue weighted by atomic mass is 10.0. The molecule has 0 aromatic carbocycles. The summed E-state index contributed by atoms with van der Waals surface area (Å²) in [6, 6.07) is -1.27. The molecule has 2 rings (SSSR count). The lowest BCUT2D eigenvalue weighted by Crippen LogP contribution is -2.65. The Kier molecular flexibility index (Phi) is 3.01. The lowest BCUT2D eigenvalue weighted by molar-refractivity contribution is -0.247. The number of amides is 2. The Bertz CT molecular complexity index is 370. The number of hydroxylamine groups is 2. The van der Waals surface area contributed by atoms with E-state index in [1.807, 2.05) is 0 Å². The number of carbonyl (C=O) groups is 3. The largest absolute Gasteiger partial charge is 0.467 e. The quantitative estimate of drug-likeness (QED) is 0.594. The lowest BCUT2D eigenvalue weighted by Gasteiger charge is -2.41. The van der Waals surface area contributed by atoms with E-state index >= 15 is 0 Å². The van der Waals surface area contributed by atoms with Crippen LogP contribution >= 0.6 is 0 Å². The van der Waals surface area contributed by atoms with Crippen molar-refractivity contribution in [2.45, 2.75) is 38.0 Å². The Morgan fingerprint density at radius 2 is 2.18 bits per heavy atom. The molecule has 2 saturated heterocycles. The topological polar surface area (TPSA) is 84.9 Å². The van der Waals surface area contributed by atoms with Crippen molar-refractivity contribution in [1.29, 1.82) is 0 Å². The van der Waals surface area contributed by atoms with Gasteiger partial charge >= 0.3 is 5.97 Å². The summed E-state index contributed by atoms with van der Waals surface area (Å²) in [5.41, 5.74) is 0. The minimum atomic E-state index is -0.807. The monoisotopic (exact) mass is 242 g/mol. The van der Waals surface area contributed by atoms with E-state index in [-0.39, 0.29) is 11.8 Å². The van der Waals surface area contributed by atoms with Crippen LogP contribution in [0, 0.1) is 0 Å². The molecule has 0 aromatic heterocycles. The van der Waals surface area contributed by atoms with Crippen LogP contribution in [0.15, 0.2) is 0 Å². The van der Waals surface area contributed by atoms with Crippen LogP contribution in [0.5, 0.6) is 0 Å². The van der Waals surface area contributed by atoms with Gasteiger partial charge < -0.3 is 10.1 Å². The SMILES string of the molecule is COC(=O)[C@H]1CC[C@H]2C(=O)N[C@@H](C)C(=O)N2O1. The molecule has 0 saturated carbocycles. The molecule has 0 bridgehead atoms. The number of carbonyl (C=O) groups excluding carboxylic acids is 3. The molecule has 0 aromatic rings. The minimum absolute atomic E-state index is 0.250. The summed E-state index contributed by atoms with van der Waals surface area (Å²) >= 11 is 0. The standard InChI is InChI=1S/C10H14N2O5/c1-5-9(14)12-6(8(13)11-5)3-4-7(17-12)10(15)16-2/h5-7H,3-4H2,1-2H3,(H,11,13)/t5-,6-,7+/m0/s1. The number of nitrogens with one attached hydrogen (secondary N) is 1. The maximum Gasteiger partial charge on any atom is 0.337 e. The third-order valence-corrected chi connectivity index (χ3v) is 2.94. The summed E-state index contributed by atoms with van der Waals surface area (Å²) in [6.45, 7) is 1.57. The third kappa shape index (κ3) is 1.97. The summed E-state index contributed by atoms with van der Waals surface area (Å²) < 4.78 is 4.56. The van der Waals surface area contributed by atoms with Crippen LogP contribution in [0.25, 0.3) is 0 Å². The van der Waals surface area contributed by atoms with E-state index in [2.05, 4.69) is 10.1 Å². The molecule has 2 heterocycles. The van der Waals surface area contributed by atoms with Gasteiger partial charge in [-0.25, -0.2) is 9.86 Å². The molecule has 17 heavy (non-hydrogen) atoms. The zero-order valence-electron chi connectivity index (χ0n) is 9.63. The van der Waals surface area contributed by atoms with Crippen molar-refractivity contribution in [3.63, 3.8) is 0 Å². The molecule has 0 spiro atoms. The second-order valence-electron chi connectivity index (χ2n) is 4.10. The first-order chi connectivity index (χ1) is 8.04. The predicted octanol–water partition coefficient (Wildman–Crippen LogP) is -1.03. The van der Waals surface area contributed by atoms with Gasteiger partial charge in [0.05, 0.1) is 7.11 Å². The highest BCUT2D eigenvalue weighted by molar-refractivity contribution is 5.96. The van der Waals surface area contributed by atoms with Gasteiger partial charge in [-0.3, -0.25) is 14.4 Å². The molecule has 0 aliphatic carbocycles. The molecule has 2 aliphatic rings. The van der Waals surface area contributed by atoms with E-state index in [1.165, 1.54) is 7.11 Å². The fourth-order valence-electron chi connectivity index (χ4n) is 1.99. The Balaban J connectivity index is 2.14. The molecule has 3 atom stereocenters. The molecule has 7 nitrogen and oxygen atoms in total. The van der Waals surface area contributed by atoms with E-state index in [4.69, 9.17) is 4.84 Å². The van der Waals surface area contributed by atoms with Crippen molar-refractivity contribution in [1.82, 2.24) is 10.4 Å². The van der Waals surface area contributed by atoms with E-state index in [1.54, 1.807) is 6.92 Å². The zero-order chi connectivity index (χ0) is 12.6. The molecular weight excluding hydrogens is 228 g/mol. The average Bonchev–Trinajstić information content (AvgIpc) is 2.34. The highest BCUT2D eigenvalue weighted by atomic mass is 16.7. The number of fused-ring (bicyclic) bond motifs is 1. The van der Waals surface area contributed by atoms with E-state index < -0.39 is 24.2 Å². The van der Waals surface area contributed by atoms with Crippen molar-refractivity contribution < 1.29 is 24.0 Å². The van der Waals surface area contributed by atoms with Gasteiger partial charge in [-0.15, -0.1) is 0 Å². The summed E-state index contributed by atoms with van der Waals surface area (Å²) in [5.74, 6) is -1.13. The van der Waals surface area contributed by atoms with Crippen LogP contribution in [-0.4, -0.2) is 48.1 Å². The first-order valence-electron chi connectivity index (χ1n) is 5.42. The molecule has 7 heteroatoms. The van der Waals surface area contributed by atoms with Gasteiger partial charge in [-0.05, 0) is 19.8 Å². The maximum atomic E-state index is 11.8. The first kappa shape index (κ1) is 11.8. The number of nitrogens with zero attached hydrogens (tertiary/aromatic N) is 1. The first-order valence-corrected chi connectivity index (χ1v) is 5.42. The minimum Gasteiger partial charge on any atom is -0.467 e. The highest BCUT2D eigenvalue weighted by Crippen LogP contribution is 2.24. The smallest absolute Gasteiger partial charge is 0.337 e. The molecule has 2 amide bonds. The maximum absolute atomic E-state index is 11.8. The fourth-order valence-corrected chi connectivity index (χ4v) is 1.99. The predicted molar refractivity (Wildman–Crippen MR) is 54.4 cm³/mol. The molecule has 94 valence electrons. The van der Waals surface area contributed by atoms with Gasteiger partial charge in [0, 0.05) is 0 Å². The Morgan fingerprint density at radius 3 is 2.82 bits per heavy atom. The van der Waals surface area contributed by atoms with Gasteiger partial charge in [0.15, 0.2) is 6.10 Å². The second-order valence-corrected chi connectivity index (χ2v) is 4.10. The van der Waals surface area contributed by atoms with E-state index in [0.29, 0.717) is 12.8 Å². The Morgan fingerprint density at radius 1 is 1.47 bits per heavy atom. The van der Waals surface area contributed by atoms with Crippen molar-refractivity contribution in [2.75, 3.05) is 7.11 Å². The molecular formula is C10H14N2O5. The van der Waals surface area contributed by atoms with Gasteiger partial charge in [0.25, 0.3) is 5.91 Å². The van der Waals surface area contributed by atoms with Crippen molar-refractivity contribution >= 4 is 17.8 Å². The normalized spacial score (nSPS) is 32.8. The van der Waals surface area contributed by atoms with Crippen molar-refractivity contribution in [3.8, 4) is 0 Å². The third-order valence-electron chi connectivity index (χ3n) is 2.94. The summed E-state index contributed by atoms with van der Waals surface area (Å²) in [5, 5.41) is 3.57. The fraction of sp³-hybridized carbons (Fsp3) is 0.700. The molecule has 0 unspecified atom stereocenters. The number of ether oxygens (including phenoxy) is 1. The summed E-state index contributed by atoms with van der Waals surface area (Å²) in [6.07, 6.45) is -0.0502. The van der Waals surface area contributed by atoms with Crippen LogP contribution < -0.4 is 5.32 Å². The highest BCUT2D eigenvalue weighted by Gasteiger charge is 2.45. The van der Waals surface area contributed by atoms with Crippen molar-refractivity contribution in [3.05, 3.63) is 0 Å². The Labute approximate surface area is 98.0 Å². The number of piperazine rings is 1. The molecule has 0 radical (unpaired) electrons. The van der Waals surface area contributed by atoms with Gasteiger partial charge in [-0.1, -0.05) is 0 Å². The second kappa shape index (κ2) is 4.33. The number of rotatable bonds is 1. The Hall–Kier alpha value is -1.63. The van der Waals surface area contributed by atoms with E-state index in [9.17, 15) is 14.4 Å². The van der Waals surface area contributed by atoms with Gasteiger partial charge in [0.2, 0.25) is 5.91 Å². The average molecular weight is 242 g/mol. The number of esters is 1. The van der Waals surface area contributed by atoms with Crippen LogP contribution in [0.1, 0.15) is 19.8 Å². The van der Waals surface area contributed by atoms with Gasteiger partial charge in [-0.2, -0.15) is 0 Å². The number of hydrogen-bond acceptors (Lipinski definition) is 5. The van der Waals surface area contributed by atoms with Crippen LogP contribution in [0.2, 0.25) is 0 Å². The van der Waals surface area contributed by atoms with Gasteiger partial charge in [0.1, 0.15) is 12.1 Å². The van der Waals surface area contributed by atoms with Crippen LogP contribution in [-0.2, 0) is 24.0 Å². The zero-order valence-corrected chi connectivity index (χ0v) is 9.63. The van der Waals surface area contributed by atoms with Crippen LogP contribution in [0.4, 0.5) is 0 Å². The van der Waals surface area contributed by atoms with E-state index in [0.717, 1.165) is 5.06 Å². The summed E-state index contributed by atoms with van der Waals surface area (Å²) in [7, 11) is 1.26. The molecule has 1 N–H and O–H groups in total. The van der Waals surface area contributed by atoms with Crippen molar-refractivity contribution in [2.24, 2.45) is 0 Å². The van der Waals surface area contributed by atoms with Crippen LogP contribution in [0.3, 0.4) is 0 Å². The number of hydrogen-bond donors (Lipinski definition) is 1. The molecule has 2 fully saturated rings. The molecule has 2 aliphatic heterocycles. The summed E-state index contributed by atoms with van der Waals surface area (Å²) in [4.78, 5) is 40.0. The number of methoxy groups -OCH3 is 1.